The Labute approximate surface area is 194 Å². The summed E-state index contributed by atoms with van der Waals surface area (Å²) in [5, 5.41) is 2.02. The molecule has 0 spiro atoms. The summed E-state index contributed by atoms with van der Waals surface area (Å²) in [4.78, 5) is 20.9. The smallest absolute Gasteiger partial charge is 0.242 e. The summed E-state index contributed by atoms with van der Waals surface area (Å²) in [5.41, 5.74) is 1.56. The third kappa shape index (κ3) is 5.39. The number of thiophene rings is 1. The van der Waals surface area contributed by atoms with Crippen molar-refractivity contribution in [3.8, 4) is 0 Å². The first-order chi connectivity index (χ1) is 15.3. The molecule has 0 atom stereocenters. The molecule has 1 aromatic carbocycles. The second-order valence-corrected chi connectivity index (χ2v) is 11.1. The van der Waals surface area contributed by atoms with Crippen molar-refractivity contribution < 1.29 is 13.2 Å². The first kappa shape index (κ1) is 24.4. The van der Waals surface area contributed by atoms with Crippen LogP contribution >= 0.6 is 11.3 Å². The Morgan fingerprint density at radius 2 is 1.97 bits per heavy atom. The number of hydrogen-bond donors (Lipinski definition) is 0. The number of fused-ring (bicyclic) bond motifs is 1. The zero-order chi connectivity index (χ0) is 23.3. The number of imidazole rings is 1. The summed E-state index contributed by atoms with van der Waals surface area (Å²) < 4.78 is 28.4. The molecule has 174 valence electrons. The number of nitrogens with zero attached hydrogens (tertiary/aromatic N) is 4. The van der Waals surface area contributed by atoms with Gasteiger partial charge in [0, 0.05) is 44.9 Å². The van der Waals surface area contributed by atoms with Crippen LogP contribution in [0.5, 0.6) is 0 Å². The van der Waals surface area contributed by atoms with Crippen LogP contribution in [-0.4, -0.2) is 53.7 Å². The van der Waals surface area contributed by atoms with Crippen molar-refractivity contribution in [1.82, 2.24) is 18.8 Å². The second-order valence-electron chi connectivity index (χ2n) is 7.96. The summed E-state index contributed by atoms with van der Waals surface area (Å²) in [7, 11) is -0.490. The maximum atomic E-state index is 12.9. The van der Waals surface area contributed by atoms with Crippen molar-refractivity contribution in [2.75, 3.05) is 20.6 Å². The van der Waals surface area contributed by atoms with Crippen LogP contribution < -0.4 is 0 Å². The highest BCUT2D eigenvalue weighted by atomic mass is 32.2. The molecule has 2 heterocycles. The van der Waals surface area contributed by atoms with E-state index in [9.17, 15) is 13.2 Å². The van der Waals surface area contributed by atoms with Gasteiger partial charge >= 0.3 is 0 Å². The van der Waals surface area contributed by atoms with Crippen molar-refractivity contribution >= 4 is 38.3 Å². The van der Waals surface area contributed by atoms with Crippen LogP contribution in [0.3, 0.4) is 0 Å². The maximum Gasteiger partial charge on any atom is 0.242 e. The number of hydrogen-bond acceptors (Lipinski definition) is 5. The van der Waals surface area contributed by atoms with Gasteiger partial charge in [-0.2, -0.15) is 0 Å². The minimum absolute atomic E-state index is 0.103. The lowest BCUT2D eigenvalue weighted by molar-refractivity contribution is -0.131. The van der Waals surface area contributed by atoms with Gasteiger partial charge in [0.1, 0.15) is 5.82 Å². The molecule has 3 rings (SSSR count). The highest BCUT2D eigenvalue weighted by molar-refractivity contribution is 7.89. The number of rotatable bonds is 11. The largest absolute Gasteiger partial charge is 0.338 e. The van der Waals surface area contributed by atoms with Crippen molar-refractivity contribution in [3.63, 3.8) is 0 Å². The Balaban J connectivity index is 1.84. The summed E-state index contributed by atoms with van der Waals surface area (Å²) in [6, 6.07) is 9.14. The Hall–Kier alpha value is -2.23. The molecule has 32 heavy (non-hydrogen) atoms. The molecule has 7 nitrogen and oxygen atoms in total. The van der Waals surface area contributed by atoms with Gasteiger partial charge in [-0.3, -0.25) is 4.79 Å². The van der Waals surface area contributed by atoms with Crippen LogP contribution in [0.4, 0.5) is 0 Å². The lowest BCUT2D eigenvalue weighted by atomic mass is 10.2. The summed E-state index contributed by atoms with van der Waals surface area (Å²) in [6.45, 7) is 6.21. The van der Waals surface area contributed by atoms with Gasteiger partial charge in [0.2, 0.25) is 15.9 Å². The van der Waals surface area contributed by atoms with Gasteiger partial charge in [-0.1, -0.05) is 19.4 Å². The molecule has 0 saturated carbocycles. The third-order valence-electron chi connectivity index (χ3n) is 5.54. The number of benzene rings is 1. The van der Waals surface area contributed by atoms with Crippen LogP contribution in [0.2, 0.25) is 0 Å². The predicted octanol–water partition coefficient (Wildman–Crippen LogP) is 4.13. The fourth-order valence-corrected chi connectivity index (χ4v) is 5.27. The standard InChI is InChI=1S/C23H32N4O3S2/c1-5-7-14-27-21-11-10-19(32(29,30)25(3)4)16-20(21)24-22(27)12-13-23(28)26(6-2)17-18-9-8-15-31-18/h8-11,15-16H,5-7,12-14,17H2,1-4H3. The highest BCUT2D eigenvalue weighted by Gasteiger charge is 2.20. The second kappa shape index (κ2) is 10.6. The van der Waals surface area contributed by atoms with Gasteiger partial charge in [0.25, 0.3) is 0 Å². The minimum Gasteiger partial charge on any atom is -0.338 e. The molecule has 0 bridgehead atoms. The number of carbonyl (C=O) groups excluding carboxylic acids is 1. The molecule has 0 aliphatic rings. The fourth-order valence-electron chi connectivity index (χ4n) is 3.63. The number of unbranched alkanes of at least 4 members (excludes halogenated alkanes) is 1. The lowest BCUT2D eigenvalue weighted by Crippen LogP contribution is -2.30. The van der Waals surface area contributed by atoms with E-state index < -0.39 is 10.0 Å². The monoisotopic (exact) mass is 476 g/mol. The number of aromatic nitrogens is 2. The topological polar surface area (TPSA) is 75.5 Å². The SMILES string of the molecule is CCCCn1c(CCC(=O)N(CC)Cc2cccs2)nc2cc(S(=O)(=O)N(C)C)ccc21. The maximum absolute atomic E-state index is 12.9. The van der Waals surface area contributed by atoms with Crippen LogP contribution in [0.15, 0.2) is 40.6 Å². The van der Waals surface area contributed by atoms with E-state index in [0.29, 0.717) is 31.4 Å². The van der Waals surface area contributed by atoms with Gasteiger partial charge in [-0.25, -0.2) is 17.7 Å². The molecule has 9 heteroatoms. The molecule has 3 aromatic rings. The Morgan fingerprint density at radius 3 is 2.59 bits per heavy atom. The summed E-state index contributed by atoms with van der Waals surface area (Å²) >= 11 is 1.66. The van der Waals surface area contributed by atoms with Crippen LogP contribution in [-0.2, 0) is 34.3 Å². The van der Waals surface area contributed by atoms with E-state index in [4.69, 9.17) is 4.98 Å². The highest BCUT2D eigenvalue weighted by Crippen LogP contribution is 2.24. The number of amides is 1. The number of sulfonamides is 1. The van der Waals surface area contributed by atoms with Gasteiger partial charge < -0.3 is 9.47 Å². The molecule has 0 aliphatic carbocycles. The normalized spacial score (nSPS) is 12.0. The average Bonchev–Trinajstić information content (AvgIpc) is 3.41. The van der Waals surface area contributed by atoms with Crippen LogP contribution in [0.1, 0.15) is 43.8 Å². The molecule has 0 unspecified atom stereocenters. The van der Waals surface area contributed by atoms with E-state index >= 15 is 0 Å². The van der Waals surface area contributed by atoms with Crippen molar-refractivity contribution in [2.45, 2.75) is 57.5 Å². The molecule has 0 fully saturated rings. The molecular formula is C23H32N4O3S2. The molecular weight excluding hydrogens is 444 g/mol. The zero-order valence-electron chi connectivity index (χ0n) is 19.2. The fraction of sp³-hybridized carbons (Fsp3) is 0.478. The summed E-state index contributed by atoms with van der Waals surface area (Å²) in [5.74, 6) is 0.930. The van der Waals surface area contributed by atoms with Crippen LogP contribution in [0.25, 0.3) is 11.0 Å². The van der Waals surface area contributed by atoms with E-state index in [1.807, 2.05) is 35.4 Å². The van der Waals surface area contributed by atoms with E-state index in [2.05, 4.69) is 11.5 Å². The van der Waals surface area contributed by atoms with Crippen LogP contribution in [0, 0.1) is 0 Å². The van der Waals surface area contributed by atoms with Crippen molar-refractivity contribution in [1.29, 1.82) is 0 Å². The minimum atomic E-state index is -3.53. The Morgan fingerprint density at radius 1 is 1.19 bits per heavy atom. The molecule has 0 aliphatic heterocycles. The first-order valence-corrected chi connectivity index (χ1v) is 13.3. The third-order valence-corrected chi connectivity index (χ3v) is 8.21. The molecule has 1 amide bonds. The average molecular weight is 477 g/mol. The van der Waals surface area contributed by atoms with Gasteiger partial charge in [0.05, 0.1) is 22.5 Å². The number of carbonyl (C=O) groups is 1. The van der Waals surface area contributed by atoms with E-state index in [1.54, 1.807) is 23.5 Å². The van der Waals surface area contributed by atoms with E-state index in [-0.39, 0.29) is 10.8 Å². The first-order valence-electron chi connectivity index (χ1n) is 11.0. The lowest BCUT2D eigenvalue weighted by Gasteiger charge is -2.20. The zero-order valence-corrected chi connectivity index (χ0v) is 20.9. The van der Waals surface area contributed by atoms with Crippen molar-refractivity contribution in [2.24, 2.45) is 0 Å². The van der Waals surface area contributed by atoms with Crippen molar-refractivity contribution in [3.05, 3.63) is 46.4 Å². The van der Waals surface area contributed by atoms with E-state index in [0.717, 1.165) is 30.7 Å². The molecule has 0 saturated heterocycles. The quantitative estimate of drug-likeness (QED) is 0.417. The predicted molar refractivity (Wildman–Crippen MR) is 129 cm³/mol. The van der Waals surface area contributed by atoms with Gasteiger partial charge in [-0.05, 0) is 43.0 Å². The van der Waals surface area contributed by atoms with E-state index in [1.165, 1.54) is 23.3 Å². The van der Waals surface area contributed by atoms with Gasteiger partial charge in [0.15, 0.2) is 0 Å². The Bertz CT molecular complexity index is 1150. The molecule has 2 aromatic heterocycles. The van der Waals surface area contributed by atoms with Gasteiger partial charge in [-0.15, -0.1) is 11.3 Å². The Kier molecular flexibility index (Phi) is 8.08. The molecule has 0 radical (unpaired) electrons. The summed E-state index contributed by atoms with van der Waals surface area (Å²) in [6.07, 6.45) is 2.92. The molecule has 0 N–H and O–H groups in total. The number of aryl methyl sites for hydroxylation is 2.